The zero-order valence-electron chi connectivity index (χ0n) is 16.4. The van der Waals surface area contributed by atoms with Crippen molar-refractivity contribution in [2.24, 2.45) is 0 Å². The molecule has 0 aromatic heterocycles. The average Bonchev–Trinajstić information content (AvgIpc) is 3.30. The van der Waals surface area contributed by atoms with Gasteiger partial charge in [-0.05, 0) is 20.3 Å². The van der Waals surface area contributed by atoms with E-state index in [-0.39, 0.29) is 29.6 Å². The van der Waals surface area contributed by atoms with Gasteiger partial charge in [0.1, 0.15) is 0 Å². The predicted octanol–water partition coefficient (Wildman–Crippen LogP) is 7.23. The molecule has 0 heterocycles. The fourth-order valence-electron chi connectivity index (χ4n) is 2.60. The molecule has 0 spiro atoms. The normalized spacial score (nSPS) is 10.1. The average molecular weight is 406 g/mol. The van der Waals surface area contributed by atoms with Gasteiger partial charge in [0.05, 0.1) is 0 Å². The van der Waals surface area contributed by atoms with Gasteiger partial charge in [0.15, 0.2) is 0 Å². The first-order chi connectivity index (χ1) is 12.7. The first kappa shape index (κ1) is 23.3. The summed E-state index contributed by atoms with van der Waals surface area (Å²) in [4.78, 5) is 0. The molecule has 136 valence electrons. The first-order valence-electron chi connectivity index (χ1n) is 8.82. The summed E-state index contributed by atoms with van der Waals surface area (Å²) in [6, 6.07) is 27.8. The predicted molar refractivity (Wildman–Crippen MR) is 122 cm³/mol. The molecule has 0 nitrogen and oxygen atoms in total. The summed E-state index contributed by atoms with van der Waals surface area (Å²) in [7, 11) is 0.0576. The molecule has 0 saturated heterocycles. The zero-order chi connectivity index (χ0) is 18.8. The van der Waals surface area contributed by atoms with E-state index < -0.39 is 0 Å². The van der Waals surface area contributed by atoms with Gasteiger partial charge >= 0.3 is 21.7 Å². The Morgan fingerprint density at radius 1 is 0.889 bits per heavy atom. The van der Waals surface area contributed by atoms with Crippen LogP contribution in [0.1, 0.15) is 6.92 Å². The third kappa shape index (κ3) is 7.43. The maximum Gasteiger partial charge on any atom is 2.00 e. The summed E-state index contributed by atoms with van der Waals surface area (Å²) in [6.07, 6.45) is 5.58. The van der Waals surface area contributed by atoms with Gasteiger partial charge in [-0.3, -0.25) is 0 Å². The maximum absolute atomic E-state index is 3.46. The Morgan fingerprint density at radius 3 is 2.04 bits per heavy atom. The van der Waals surface area contributed by atoms with E-state index in [9.17, 15) is 0 Å². The largest absolute Gasteiger partial charge is 2.00 e. The fourth-order valence-corrected chi connectivity index (χ4v) is 3.39. The van der Waals surface area contributed by atoms with Gasteiger partial charge in [0.2, 0.25) is 0 Å². The molecule has 0 bridgehead atoms. The second-order valence-electron chi connectivity index (χ2n) is 6.15. The number of benzene rings is 2. The van der Waals surface area contributed by atoms with Crippen LogP contribution in [0.3, 0.4) is 0 Å². The fraction of sp³-hybridized carbons (Fsp3) is 0.120. The number of allylic oxidation sites excluding steroid dienone is 3. The summed E-state index contributed by atoms with van der Waals surface area (Å²) < 4.78 is 0. The minimum absolute atomic E-state index is 0. The molecule has 0 fully saturated rings. The third-order valence-electron chi connectivity index (χ3n) is 4.00. The van der Waals surface area contributed by atoms with Gasteiger partial charge in [0, 0.05) is 0 Å². The Labute approximate surface area is 180 Å². The van der Waals surface area contributed by atoms with Crippen LogP contribution in [-0.2, 0) is 21.7 Å². The maximum atomic E-state index is 3.46. The van der Waals surface area contributed by atoms with Gasteiger partial charge < -0.3 is 0 Å². The molecule has 0 unspecified atom stereocenters. The molecule has 4 aromatic rings. The molecular formula is C25H27PTi. The van der Waals surface area contributed by atoms with Crippen LogP contribution >= 0.6 is 7.92 Å². The molecule has 27 heavy (non-hydrogen) atoms. The van der Waals surface area contributed by atoms with Crippen molar-refractivity contribution >= 4 is 34.8 Å². The van der Waals surface area contributed by atoms with Gasteiger partial charge in [-0.25, -0.2) is 0 Å². The van der Waals surface area contributed by atoms with Crippen molar-refractivity contribution in [1.82, 2.24) is 0 Å². The van der Waals surface area contributed by atoms with E-state index in [1.807, 2.05) is 19.1 Å². The van der Waals surface area contributed by atoms with Gasteiger partial charge in [-0.2, -0.15) is 23.6 Å². The van der Waals surface area contributed by atoms with Gasteiger partial charge in [-0.15, -0.1) is 77.9 Å². The van der Waals surface area contributed by atoms with Crippen LogP contribution in [-0.4, -0.2) is 13.3 Å². The quantitative estimate of drug-likeness (QED) is 0.143. The van der Waals surface area contributed by atoms with E-state index in [1.165, 1.54) is 26.8 Å². The summed E-state index contributed by atoms with van der Waals surface area (Å²) >= 11 is 0. The summed E-state index contributed by atoms with van der Waals surface area (Å²) in [5, 5.41) is 6.92. The molecule has 0 atom stereocenters. The Morgan fingerprint density at radius 2 is 1.52 bits per heavy atom. The number of hydrogen-bond acceptors (Lipinski definition) is 0. The van der Waals surface area contributed by atoms with Crippen LogP contribution in [0.4, 0.5) is 0 Å². The third-order valence-corrected chi connectivity index (χ3v) is 5.29. The summed E-state index contributed by atoms with van der Waals surface area (Å²) in [5.74, 6) is 0. The first-order valence-corrected chi connectivity index (χ1v) is 11.1. The van der Waals surface area contributed by atoms with Crippen LogP contribution in [0.2, 0.25) is 0 Å². The van der Waals surface area contributed by atoms with E-state index >= 15 is 0 Å². The SMILES string of the molecule is C=C/C=C/C.CP(C)c1cc2ccccc2[cH-]1.[Ti+2].c1ccc2[cH-]ccc2c1. The van der Waals surface area contributed by atoms with Crippen molar-refractivity contribution < 1.29 is 21.7 Å². The minimum Gasteiger partial charge on any atom is -0.168 e. The van der Waals surface area contributed by atoms with Crippen LogP contribution in [0, 0.1) is 0 Å². The van der Waals surface area contributed by atoms with Gasteiger partial charge in [-0.1, -0.05) is 36.9 Å². The van der Waals surface area contributed by atoms with Crippen LogP contribution in [0.5, 0.6) is 0 Å². The van der Waals surface area contributed by atoms with Crippen LogP contribution in [0.15, 0.2) is 104 Å². The van der Waals surface area contributed by atoms with E-state index in [4.69, 9.17) is 0 Å². The molecule has 0 aliphatic heterocycles. The van der Waals surface area contributed by atoms with Crippen LogP contribution in [0.25, 0.3) is 21.5 Å². The van der Waals surface area contributed by atoms with Crippen molar-refractivity contribution in [3.8, 4) is 0 Å². The minimum atomic E-state index is 0. The Hall–Kier alpha value is -1.72. The molecule has 0 saturated carbocycles. The van der Waals surface area contributed by atoms with E-state index in [0.717, 1.165) is 0 Å². The molecule has 4 rings (SSSR count). The summed E-state index contributed by atoms with van der Waals surface area (Å²) in [6.45, 7) is 10.0. The second kappa shape index (κ2) is 12.6. The number of fused-ring (bicyclic) bond motifs is 2. The zero-order valence-corrected chi connectivity index (χ0v) is 18.8. The second-order valence-corrected chi connectivity index (χ2v) is 8.46. The van der Waals surface area contributed by atoms with Crippen molar-refractivity contribution in [1.29, 1.82) is 0 Å². The van der Waals surface area contributed by atoms with Crippen molar-refractivity contribution in [2.75, 3.05) is 13.3 Å². The standard InChI is InChI=1S/C11H12P.C9H7.C5H8.Ti/c1-12(2)11-7-9-5-3-4-6-10(9)8-11;1-2-5-9-7-3-6-8(9)4-1;1-3-5-4-2;/h3-8H,1-2H3;1-7H;3-5H,1H2,2H3;/q2*-1;;+2/b;;5-4+;. The Balaban J connectivity index is 0.000000217. The van der Waals surface area contributed by atoms with Crippen molar-refractivity contribution in [3.05, 3.63) is 104 Å². The van der Waals surface area contributed by atoms with Gasteiger partial charge in [0.25, 0.3) is 0 Å². The monoisotopic (exact) mass is 406 g/mol. The van der Waals surface area contributed by atoms with Crippen LogP contribution < -0.4 is 5.30 Å². The van der Waals surface area contributed by atoms with Crippen molar-refractivity contribution in [2.45, 2.75) is 6.92 Å². The summed E-state index contributed by atoms with van der Waals surface area (Å²) in [5.41, 5.74) is 0. The smallest absolute Gasteiger partial charge is 0.168 e. The molecule has 2 heteroatoms. The topological polar surface area (TPSA) is 0 Å². The molecule has 0 aliphatic carbocycles. The number of rotatable bonds is 2. The van der Waals surface area contributed by atoms with E-state index in [1.54, 1.807) is 6.08 Å². The Kier molecular flexibility index (Phi) is 10.9. The molecule has 0 amide bonds. The van der Waals surface area contributed by atoms with Crippen molar-refractivity contribution in [3.63, 3.8) is 0 Å². The Bertz CT molecular complexity index is 893. The molecule has 0 radical (unpaired) electrons. The molecule has 0 N–H and O–H groups in total. The molecule has 0 aliphatic rings. The van der Waals surface area contributed by atoms with E-state index in [0.29, 0.717) is 0 Å². The van der Waals surface area contributed by atoms with E-state index in [2.05, 4.69) is 98.8 Å². The molecular weight excluding hydrogens is 379 g/mol. The number of hydrogen-bond donors (Lipinski definition) is 0. The molecule has 4 aromatic carbocycles.